The van der Waals surface area contributed by atoms with Crippen LogP contribution in [0.25, 0.3) is 0 Å². The Morgan fingerprint density at radius 1 is 1.26 bits per heavy atom. The van der Waals surface area contributed by atoms with Gasteiger partial charge in [-0.3, -0.25) is 4.79 Å². The molecule has 1 aliphatic heterocycles. The van der Waals surface area contributed by atoms with Crippen LogP contribution < -0.4 is 5.32 Å². The molecule has 0 spiro atoms. The van der Waals surface area contributed by atoms with Gasteiger partial charge in [-0.25, -0.2) is 9.37 Å². The molecule has 0 aliphatic carbocycles. The third-order valence-corrected chi connectivity index (χ3v) is 3.65. The summed E-state index contributed by atoms with van der Waals surface area (Å²) in [5.74, 6) is -0.175. The van der Waals surface area contributed by atoms with Crippen LogP contribution in [0.1, 0.15) is 24.6 Å². The van der Waals surface area contributed by atoms with E-state index in [1.54, 1.807) is 25.1 Å². The van der Waals surface area contributed by atoms with Gasteiger partial charge in [0, 0.05) is 12.1 Å². The molecule has 0 radical (unpaired) electrons. The van der Waals surface area contributed by atoms with Crippen molar-refractivity contribution >= 4 is 17.4 Å². The van der Waals surface area contributed by atoms with E-state index >= 15 is 0 Å². The quantitative estimate of drug-likeness (QED) is 0.947. The van der Waals surface area contributed by atoms with Gasteiger partial charge >= 0.3 is 0 Å². The number of halogens is 1. The Bertz CT molecular complexity index is 774. The van der Waals surface area contributed by atoms with E-state index in [9.17, 15) is 9.18 Å². The Balaban J connectivity index is 1.71. The van der Waals surface area contributed by atoms with Crippen LogP contribution in [0.2, 0.25) is 0 Å². The fourth-order valence-electron chi connectivity index (χ4n) is 2.32. The van der Waals surface area contributed by atoms with E-state index < -0.39 is 5.60 Å². The van der Waals surface area contributed by atoms with Crippen LogP contribution in [0.4, 0.5) is 10.2 Å². The Morgan fingerprint density at radius 2 is 2.00 bits per heavy atom. The lowest BCUT2D eigenvalue weighted by Gasteiger charge is -2.20. The summed E-state index contributed by atoms with van der Waals surface area (Å²) in [5.41, 5.74) is 1.04. The highest BCUT2D eigenvalue weighted by molar-refractivity contribution is 6.07. The minimum atomic E-state index is -1.12. The lowest BCUT2D eigenvalue weighted by Crippen LogP contribution is -2.40. The molecule has 0 fully saturated rings. The maximum absolute atomic E-state index is 13.0. The van der Waals surface area contributed by atoms with E-state index in [2.05, 4.69) is 15.5 Å². The average molecular weight is 313 g/mol. The summed E-state index contributed by atoms with van der Waals surface area (Å²) in [6, 6.07) is 11.3. The second-order valence-electron chi connectivity index (χ2n) is 5.66. The number of carbonyl (C=O) groups excluding carboxylic acids is 1. The number of pyridine rings is 1. The minimum Gasteiger partial charge on any atom is -0.379 e. The van der Waals surface area contributed by atoms with Crippen LogP contribution >= 0.6 is 0 Å². The van der Waals surface area contributed by atoms with Gasteiger partial charge in [0.1, 0.15) is 11.6 Å². The zero-order valence-corrected chi connectivity index (χ0v) is 12.8. The second kappa shape index (κ2) is 5.79. The predicted molar refractivity (Wildman–Crippen MR) is 84.6 cm³/mol. The Labute approximate surface area is 133 Å². The number of nitrogens with one attached hydrogen (secondary N) is 1. The zero-order valence-electron chi connectivity index (χ0n) is 12.8. The van der Waals surface area contributed by atoms with Crippen molar-refractivity contribution in [2.45, 2.75) is 25.9 Å². The first-order valence-corrected chi connectivity index (χ1v) is 7.22. The molecular weight excluding hydrogens is 297 g/mol. The summed E-state index contributed by atoms with van der Waals surface area (Å²) < 4.78 is 13.0. The number of carbonyl (C=O) groups is 1. The van der Waals surface area contributed by atoms with E-state index in [1.807, 2.05) is 19.1 Å². The van der Waals surface area contributed by atoms with E-state index in [-0.39, 0.29) is 11.7 Å². The third-order valence-electron chi connectivity index (χ3n) is 3.65. The highest BCUT2D eigenvalue weighted by Crippen LogP contribution is 2.28. The SMILES string of the molecule is Cc1cccc(NC(=O)C2(C)CC(c3ccc(F)cc3)=NO2)n1. The van der Waals surface area contributed by atoms with Gasteiger partial charge in [0.05, 0.1) is 5.71 Å². The average Bonchev–Trinajstić information content (AvgIpc) is 2.92. The van der Waals surface area contributed by atoms with Crippen molar-refractivity contribution in [3.8, 4) is 0 Å². The molecule has 1 N–H and O–H groups in total. The van der Waals surface area contributed by atoms with Crippen LogP contribution in [-0.4, -0.2) is 22.2 Å². The predicted octanol–water partition coefficient (Wildman–Crippen LogP) is 3.05. The molecule has 118 valence electrons. The summed E-state index contributed by atoms with van der Waals surface area (Å²) in [7, 11) is 0. The summed E-state index contributed by atoms with van der Waals surface area (Å²) in [6.07, 6.45) is 0.302. The van der Waals surface area contributed by atoms with Gasteiger partial charge in [-0.1, -0.05) is 23.4 Å². The number of aromatic nitrogens is 1. The van der Waals surface area contributed by atoms with Crippen molar-refractivity contribution in [3.63, 3.8) is 0 Å². The fraction of sp³-hybridized carbons (Fsp3) is 0.235. The molecule has 1 aliphatic rings. The molecule has 1 aromatic heterocycles. The number of oxime groups is 1. The van der Waals surface area contributed by atoms with Gasteiger partial charge in [0.2, 0.25) is 5.60 Å². The zero-order chi connectivity index (χ0) is 16.4. The standard InChI is InChI=1S/C17H16FN3O2/c1-11-4-3-5-15(19-11)20-16(22)17(2)10-14(21-23-17)12-6-8-13(18)9-7-12/h3-9H,10H2,1-2H3,(H,19,20,22). The first-order valence-electron chi connectivity index (χ1n) is 7.22. The molecule has 0 bridgehead atoms. The maximum atomic E-state index is 13.0. The Hall–Kier alpha value is -2.76. The van der Waals surface area contributed by atoms with E-state index in [0.717, 1.165) is 11.3 Å². The normalized spacial score (nSPS) is 19.9. The number of rotatable bonds is 3. The third kappa shape index (κ3) is 3.21. The largest absolute Gasteiger partial charge is 0.379 e. The van der Waals surface area contributed by atoms with Crippen molar-refractivity contribution in [1.82, 2.24) is 4.98 Å². The Kier molecular flexibility index (Phi) is 3.82. The van der Waals surface area contributed by atoms with Gasteiger partial charge < -0.3 is 10.2 Å². The summed E-state index contributed by atoms with van der Waals surface area (Å²) in [4.78, 5) is 22.1. The van der Waals surface area contributed by atoms with Crippen molar-refractivity contribution in [2.24, 2.45) is 5.16 Å². The highest BCUT2D eigenvalue weighted by atomic mass is 19.1. The maximum Gasteiger partial charge on any atom is 0.272 e. The second-order valence-corrected chi connectivity index (χ2v) is 5.66. The van der Waals surface area contributed by atoms with Crippen molar-refractivity contribution in [2.75, 3.05) is 5.32 Å². The van der Waals surface area contributed by atoms with Crippen LogP contribution in [0.5, 0.6) is 0 Å². The number of hydrogen-bond donors (Lipinski definition) is 1. The van der Waals surface area contributed by atoms with E-state index in [1.165, 1.54) is 12.1 Å². The first-order chi connectivity index (χ1) is 11.0. The van der Waals surface area contributed by atoms with Gasteiger partial charge in [-0.05, 0) is 43.7 Å². The molecule has 2 aromatic rings. The van der Waals surface area contributed by atoms with Gasteiger partial charge in [-0.2, -0.15) is 0 Å². The topological polar surface area (TPSA) is 63.6 Å². The molecule has 2 heterocycles. The van der Waals surface area contributed by atoms with Crippen LogP contribution in [0.15, 0.2) is 47.6 Å². The number of hydrogen-bond acceptors (Lipinski definition) is 4. The molecule has 1 atom stereocenters. The number of aryl methyl sites for hydroxylation is 1. The number of anilines is 1. The summed E-state index contributed by atoms with van der Waals surface area (Å²) >= 11 is 0. The van der Waals surface area contributed by atoms with Gasteiger partial charge in [0.25, 0.3) is 5.91 Å². The van der Waals surface area contributed by atoms with Crippen molar-refractivity contribution in [3.05, 3.63) is 59.5 Å². The van der Waals surface area contributed by atoms with Crippen LogP contribution in [-0.2, 0) is 9.63 Å². The molecule has 1 aromatic carbocycles. The number of amides is 1. The Morgan fingerprint density at radius 3 is 2.70 bits per heavy atom. The molecule has 5 nitrogen and oxygen atoms in total. The van der Waals surface area contributed by atoms with Gasteiger partial charge in [-0.15, -0.1) is 0 Å². The first kappa shape index (κ1) is 15.1. The number of nitrogens with zero attached hydrogens (tertiary/aromatic N) is 2. The van der Waals surface area contributed by atoms with Crippen LogP contribution in [0.3, 0.4) is 0 Å². The molecule has 3 rings (SSSR count). The molecular formula is C17H16FN3O2. The van der Waals surface area contributed by atoms with Crippen molar-refractivity contribution < 1.29 is 14.0 Å². The van der Waals surface area contributed by atoms with Crippen LogP contribution in [0, 0.1) is 12.7 Å². The molecule has 6 heteroatoms. The van der Waals surface area contributed by atoms with E-state index in [4.69, 9.17) is 4.84 Å². The van der Waals surface area contributed by atoms with E-state index in [0.29, 0.717) is 18.0 Å². The molecule has 1 amide bonds. The lowest BCUT2D eigenvalue weighted by atomic mass is 9.95. The number of benzene rings is 1. The minimum absolute atomic E-state index is 0.302. The van der Waals surface area contributed by atoms with Crippen molar-refractivity contribution in [1.29, 1.82) is 0 Å². The molecule has 0 saturated heterocycles. The molecule has 23 heavy (non-hydrogen) atoms. The monoisotopic (exact) mass is 313 g/mol. The summed E-state index contributed by atoms with van der Waals surface area (Å²) in [5, 5.41) is 6.72. The highest BCUT2D eigenvalue weighted by Gasteiger charge is 2.42. The lowest BCUT2D eigenvalue weighted by molar-refractivity contribution is -0.135. The molecule has 0 saturated carbocycles. The summed E-state index contributed by atoms with van der Waals surface area (Å²) in [6.45, 7) is 3.51. The smallest absolute Gasteiger partial charge is 0.272 e. The van der Waals surface area contributed by atoms with Gasteiger partial charge in [0.15, 0.2) is 0 Å². The fourth-order valence-corrected chi connectivity index (χ4v) is 2.32. The molecule has 1 unspecified atom stereocenters.